The van der Waals surface area contributed by atoms with Crippen LogP contribution in [0.2, 0.25) is 0 Å². The van der Waals surface area contributed by atoms with E-state index in [-0.39, 0.29) is 23.5 Å². The zero-order valence-electron chi connectivity index (χ0n) is 22.6. The van der Waals surface area contributed by atoms with Crippen molar-refractivity contribution < 1.29 is 14.3 Å². The van der Waals surface area contributed by atoms with Crippen LogP contribution < -0.4 is 16.2 Å². The quantitative estimate of drug-likeness (QED) is 0.464. The molecule has 0 bridgehead atoms. The van der Waals surface area contributed by atoms with Gasteiger partial charge in [-0.2, -0.15) is 0 Å². The maximum Gasteiger partial charge on any atom is 0.412 e. The number of carbonyl (C=O) groups is 2. The molecule has 0 atom stereocenters. The molecular weight excluding hydrogens is 470 g/mol. The highest BCUT2D eigenvalue weighted by Gasteiger charge is 2.22. The Balaban J connectivity index is 1.98. The summed E-state index contributed by atoms with van der Waals surface area (Å²) < 4.78 is 6.90. The van der Waals surface area contributed by atoms with E-state index in [1.54, 1.807) is 46.8 Å². The summed E-state index contributed by atoms with van der Waals surface area (Å²) in [6.45, 7) is 12.8. The number of aromatic nitrogens is 2. The molecule has 2 N–H and O–H groups in total. The Kier molecular flexibility index (Phi) is 9.23. The van der Waals surface area contributed by atoms with Crippen LogP contribution in [0.5, 0.6) is 0 Å². The minimum Gasteiger partial charge on any atom is -0.444 e. The van der Waals surface area contributed by atoms with Gasteiger partial charge >= 0.3 is 6.09 Å². The lowest BCUT2D eigenvalue weighted by molar-refractivity contribution is -0.117. The maximum atomic E-state index is 13.6. The lowest BCUT2D eigenvalue weighted by Gasteiger charge is -2.22. The zero-order valence-corrected chi connectivity index (χ0v) is 22.6. The number of rotatable bonds is 8. The second-order valence-corrected chi connectivity index (χ2v) is 10.7. The minimum atomic E-state index is -0.719. The predicted octanol–water partition coefficient (Wildman–Crippen LogP) is 5.35. The molecule has 0 saturated heterocycles. The monoisotopic (exact) mass is 509 g/mol. The van der Waals surface area contributed by atoms with Gasteiger partial charge < -0.3 is 10.1 Å². The van der Waals surface area contributed by atoms with Crippen molar-refractivity contribution >= 4 is 30.1 Å². The van der Waals surface area contributed by atoms with Crippen molar-refractivity contribution in [2.45, 2.75) is 85.2 Å². The Bertz CT molecular complexity index is 1210. The van der Waals surface area contributed by atoms with Crippen molar-refractivity contribution in [3.63, 3.8) is 0 Å². The largest absolute Gasteiger partial charge is 0.444 e. The number of aliphatic imine (C=N–C) groups is 1. The predicted molar refractivity (Wildman–Crippen MR) is 147 cm³/mol. The number of carbonyl (C=O) groups excluding carboxylic acids is 2. The molecule has 9 nitrogen and oxygen atoms in total. The first-order valence-electron chi connectivity index (χ1n) is 13.0. The van der Waals surface area contributed by atoms with Gasteiger partial charge in [-0.1, -0.05) is 32.1 Å². The van der Waals surface area contributed by atoms with E-state index in [1.807, 2.05) is 6.07 Å². The molecule has 0 aromatic carbocycles. The second-order valence-electron chi connectivity index (χ2n) is 10.7. The van der Waals surface area contributed by atoms with Gasteiger partial charge in [-0.05, 0) is 77.4 Å². The number of hydrogen-bond donors (Lipinski definition) is 2. The Morgan fingerprint density at radius 1 is 1.16 bits per heavy atom. The van der Waals surface area contributed by atoms with Gasteiger partial charge in [0.1, 0.15) is 11.3 Å². The van der Waals surface area contributed by atoms with Crippen LogP contribution in [0.1, 0.15) is 76.2 Å². The van der Waals surface area contributed by atoms with E-state index >= 15 is 0 Å². The summed E-state index contributed by atoms with van der Waals surface area (Å²) >= 11 is 0. The van der Waals surface area contributed by atoms with Gasteiger partial charge in [0.2, 0.25) is 5.91 Å². The lowest BCUT2D eigenvalue weighted by Crippen LogP contribution is -2.30. The van der Waals surface area contributed by atoms with Gasteiger partial charge in [0.05, 0.1) is 12.1 Å². The van der Waals surface area contributed by atoms with E-state index in [0.29, 0.717) is 35.1 Å². The van der Waals surface area contributed by atoms with Crippen LogP contribution in [0.25, 0.3) is 5.82 Å². The zero-order chi connectivity index (χ0) is 27.2. The fraction of sp³-hybridized carbons (Fsp3) is 0.536. The normalized spacial score (nSPS) is 14.2. The number of nitrogens with one attached hydrogen (secondary N) is 2. The number of nitrogens with zero attached hydrogens (tertiary/aromatic N) is 3. The molecule has 2 heterocycles. The summed E-state index contributed by atoms with van der Waals surface area (Å²) in [5.74, 6) is 0.533. The smallest absolute Gasteiger partial charge is 0.412 e. The molecule has 0 radical (unpaired) electrons. The van der Waals surface area contributed by atoms with Crippen LogP contribution in [0.15, 0.2) is 28.0 Å². The number of pyridine rings is 2. The van der Waals surface area contributed by atoms with Crippen LogP contribution in [0.4, 0.5) is 16.2 Å². The van der Waals surface area contributed by atoms with Crippen LogP contribution in [0, 0.1) is 19.8 Å². The van der Waals surface area contributed by atoms with E-state index in [2.05, 4.69) is 27.3 Å². The fourth-order valence-corrected chi connectivity index (χ4v) is 4.62. The number of anilines is 2. The molecule has 2 aromatic rings. The van der Waals surface area contributed by atoms with Gasteiger partial charge in [-0.3, -0.25) is 19.5 Å². The molecule has 37 heavy (non-hydrogen) atoms. The average Bonchev–Trinajstić information content (AvgIpc) is 2.82. The molecule has 2 amide bonds. The molecule has 1 saturated carbocycles. The van der Waals surface area contributed by atoms with Crippen molar-refractivity contribution in [2.24, 2.45) is 10.9 Å². The van der Waals surface area contributed by atoms with Gasteiger partial charge in [-0.15, -0.1) is 0 Å². The number of amides is 2. The standard InChI is InChI=1S/C28H39N5O4/c1-18-12-13-22(30-15-14-20-10-8-7-9-11-20)26(35)33(18)25-23(32-27(36)37-28(3,4)5)16-21(19(2)31-25)17-24(34)29-6/h12-13,16,20,30H,6-11,14-15,17H2,1-5H3,(H,32,36). The van der Waals surface area contributed by atoms with Crippen LogP contribution >= 0.6 is 0 Å². The Hall–Kier alpha value is -3.49. The number of hydrogen-bond acceptors (Lipinski definition) is 6. The summed E-state index contributed by atoms with van der Waals surface area (Å²) in [6, 6.07) is 5.27. The van der Waals surface area contributed by atoms with E-state index in [9.17, 15) is 14.4 Å². The molecular formula is C28H39N5O4. The highest BCUT2D eigenvalue weighted by atomic mass is 16.6. The van der Waals surface area contributed by atoms with Crippen molar-refractivity contribution in [2.75, 3.05) is 17.2 Å². The number of aryl methyl sites for hydroxylation is 2. The summed E-state index contributed by atoms with van der Waals surface area (Å²) in [7, 11) is 0. The molecule has 2 aromatic heterocycles. The minimum absolute atomic E-state index is 0.0255. The molecule has 9 heteroatoms. The Morgan fingerprint density at radius 3 is 2.51 bits per heavy atom. The van der Waals surface area contributed by atoms with Crippen LogP contribution in [-0.2, 0) is 16.0 Å². The first kappa shape index (κ1) is 28.1. The first-order valence-corrected chi connectivity index (χ1v) is 13.0. The molecule has 0 spiro atoms. The lowest BCUT2D eigenvalue weighted by atomic mass is 9.87. The molecule has 3 rings (SSSR count). The van der Waals surface area contributed by atoms with Gasteiger partial charge in [0, 0.05) is 17.9 Å². The highest BCUT2D eigenvalue weighted by molar-refractivity contribution is 5.88. The Labute approximate surface area is 218 Å². The first-order chi connectivity index (χ1) is 17.5. The summed E-state index contributed by atoms with van der Waals surface area (Å²) in [6.07, 6.45) is 6.69. The highest BCUT2D eigenvalue weighted by Crippen LogP contribution is 2.27. The molecule has 1 fully saturated rings. The third kappa shape index (κ3) is 7.74. The van der Waals surface area contributed by atoms with E-state index < -0.39 is 17.6 Å². The van der Waals surface area contributed by atoms with Crippen molar-refractivity contribution in [3.05, 3.63) is 45.5 Å². The van der Waals surface area contributed by atoms with Crippen molar-refractivity contribution in [1.29, 1.82) is 0 Å². The number of ether oxygens (including phenoxy) is 1. The van der Waals surface area contributed by atoms with E-state index in [1.165, 1.54) is 36.7 Å². The average molecular weight is 510 g/mol. The van der Waals surface area contributed by atoms with Gasteiger partial charge in [-0.25, -0.2) is 14.8 Å². The molecule has 200 valence electrons. The van der Waals surface area contributed by atoms with E-state index in [4.69, 9.17) is 4.74 Å². The summed E-state index contributed by atoms with van der Waals surface area (Å²) in [5.41, 5.74) is 1.51. The van der Waals surface area contributed by atoms with E-state index in [0.717, 1.165) is 6.42 Å². The SMILES string of the molecule is C=NC(=O)Cc1cc(NC(=O)OC(C)(C)C)c(-n2c(C)ccc(NCCC3CCCCC3)c2=O)nc1C. The third-order valence-corrected chi connectivity index (χ3v) is 6.53. The van der Waals surface area contributed by atoms with Crippen molar-refractivity contribution in [1.82, 2.24) is 9.55 Å². The Morgan fingerprint density at radius 2 is 1.86 bits per heavy atom. The fourth-order valence-electron chi connectivity index (χ4n) is 4.62. The third-order valence-electron chi connectivity index (χ3n) is 6.53. The van der Waals surface area contributed by atoms with Crippen LogP contribution in [0.3, 0.4) is 0 Å². The molecule has 1 aliphatic carbocycles. The molecule has 0 unspecified atom stereocenters. The van der Waals surface area contributed by atoms with Gasteiger partial charge in [0.15, 0.2) is 5.82 Å². The molecule has 1 aliphatic rings. The van der Waals surface area contributed by atoms with Crippen LogP contribution in [-0.4, -0.2) is 40.4 Å². The summed E-state index contributed by atoms with van der Waals surface area (Å²) in [4.78, 5) is 46.3. The topological polar surface area (TPSA) is 115 Å². The summed E-state index contributed by atoms with van der Waals surface area (Å²) in [5, 5.41) is 6.03. The van der Waals surface area contributed by atoms with Crippen molar-refractivity contribution in [3.8, 4) is 5.82 Å². The second kappa shape index (κ2) is 12.2. The molecule has 0 aliphatic heterocycles. The maximum absolute atomic E-state index is 13.6. The van der Waals surface area contributed by atoms with Gasteiger partial charge in [0.25, 0.3) is 5.56 Å².